The third kappa shape index (κ3) is 5.20. The number of benzene rings is 2. The van der Waals surface area contributed by atoms with Crippen LogP contribution >= 0.6 is 38.5 Å². The summed E-state index contributed by atoms with van der Waals surface area (Å²) in [7, 11) is 0. The highest BCUT2D eigenvalue weighted by Crippen LogP contribution is 2.27. The van der Waals surface area contributed by atoms with Crippen molar-refractivity contribution in [3.05, 3.63) is 55.1 Å². The summed E-state index contributed by atoms with van der Waals surface area (Å²) in [6, 6.07) is 8.91. The number of aryl methyl sites for hydroxylation is 2. The van der Waals surface area contributed by atoms with Gasteiger partial charge in [-0.25, -0.2) is 5.43 Å². The monoisotopic (exact) mass is 502 g/mol. The first-order valence-electron chi connectivity index (χ1n) is 7.07. The number of carbonyl (C=O) groups excluding carboxylic acids is 1. The quantitative estimate of drug-likeness (QED) is 0.370. The van der Waals surface area contributed by atoms with Gasteiger partial charge in [0.25, 0.3) is 5.91 Å². The van der Waals surface area contributed by atoms with Crippen molar-refractivity contribution < 1.29 is 14.6 Å². The average molecular weight is 503 g/mol. The number of aromatic hydroxyl groups is 1. The number of halogens is 2. The SMILES string of the molecule is Cc1cc(Br)cc(C)c1OCC(=O)N/N=C/c1ccc(O)c(I)c1. The molecule has 2 aromatic carbocycles. The molecule has 0 fully saturated rings. The van der Waals surface area contributed by atoms with E-state index in [0.717, 1.165) is 21.2 Å². The Balaban J connectivity index is 1.90. The third-order valence-corrected chi connectivity index (χ3v) is 4.47. The highest BCUT2D eigenvalue weighted by molar-refractivity contribution is 14.1. The normalized spacial score (nSPS) is 10.8. The van der Waals surface area contributed by atoms with Gasteiger partial charge in [0.1, 0.15) is 11.5 Å². The number of hydrogen-bond donors (Lipinski definition) is 2. The van der Waals surface area contributed by atoms with Gasteiger partial charge in [-0.3, -0.25) is 4.79 Å². The molecule has 2 rings (SSSR count). The van der Waals surface area contributed by atoms with Crippen LogP contribution in [-0.4, -0.2) is 23.8 Å². The second-order valence-corrected chi connectivity index (χ2v) is 7.24. The molecule has 0 saturated carbocycles. The molecule has 0 unspecified atom stereocenters. The second kappa shape index (κ2) is 8.48. The molecule has 5 nitrogen and oxygen atoms in total. The summed E-state index contributed by atoms with van der Waals surface area (Å²) in [5.74, 6) is 0.567. The van der Waals surface area contributed by atoms with Gasteiger partial charge in [-0.2, -0.15) is 5.10 Å². The minimum Gasteiger partial charge on any atom is -0.507 e. The Hall–Kier alpha value is -1.61. The minimum atomic E-state index is -0.346. The number of phenols is 1. The molecule has 0 heterocycles. The first kappa shape index (κ1) is 18.7. The molecule has 1 amide bonds. The lowest BCUT2D eigenvalue weighted by Crippen LogP contribution is -2.25. The Kier molecular flexibility index (Phi) is 6.61. The van der Waals surface area contributed by atoms with Gasteiger partial charge in [-0.05, 0) is 83.5 Å². The predicted molar refractivity (Wildman–Crippen MR) is 106 cm³/mol. The van der Waals surface area contributed by atoms with Crippen molar-refractivity contribution in [2.24, 2.45) is 5.10 Å². The van der Waals surface area contributed by atoms with Crippen LogP contribution in [0.2, 0.25) is 0 Å². The molecule has 0 aliphatic carbocycles. The highest BCUT2D eigenvalue weighted by atomic mass is 127. The molecule has 0 spiro atoms. The van der Waals surface area contributed by atoms with Gasteiger partial charge >= 0.3 is 0 Å². The minimum absolute atomic E-state index is 0.117. The molecule has 0 aromatic heterocycles. The molecule has 2 aromatic rings. The second-order valence-electron chi connectivity index (χ2n) is 5.16. The summed E-state index contributed by atoms with van der Waals surface area (Å²) in [5.41, 5.74) is 5.10. The predicted octanol–water partition coefficient (Wildman–Crippen LogP) is 3.91. The van der Waals surface area contributed by atoms with Gasteiger partial charge in [-0.1, -0.05) is 15.9 Å². The van der Waals surface area contributed by atoms with Crippen molar-refractivity contribution >= 4 is 50.6 Å². The van der Waals surface area contributed by atoms with E-state index in [1.54, 1.807) is 18.2 Å². The number of carbonyl (C=O) groups is 1. The van der Waals surface area contributed by atoms with Crippen LogP contribution in [0.1, 0.15) is 16.7 Å². The summed E-state index contributed by atoms with van der Waals surface area (Å²) in [6.45, 7) is 3.74. The van der Waals surface area contributed by atoms with Gasteiger partial charge < -0.3 is 9.84 Å². The van der Waals surface area contributed by atoms with Crippen LogP contribution in [0.4, 0.5) is 0 Å². The number of nitrogens with zero attached hydrogens (tertiary/aromatic N) is 1. The summed E-state index contributed by atoms with van der Waals surface area (Å²) < 4.78 is 7.27. The van der Waals surface area contributed by atoms with Crippen LogP contribution in [0, 0.1) is 17.4 Å². The summed E-state index contributed by atoms with van der Waals surface area (Å²) >= 11 is 5.44. The molecule has 0 aliphatic rings. The van der Waals surface area contributed by atoms with Gasteiger partial charge in [0.2, 0.25) is 0 Å². The number of rotatable bonds is 5. The van der Waals surface area contributed by atoms with Crippen molar-refractivity contribution in [1.29, 1.82) is 0 Å². The highest BCUT2D eigenvalue weighted by Gasteiger charge is 2.08. The fraction of sp³-hybridized carbons (Fsp3) is 0.176. The fourth-order valence-corrected chi connectivity index (χ4v) is 3.30. The van der Waals surface area contributed by atoms with E-state index in [9.17, 15) is 9.90 Å². The largest absolute Gasteiger partial charge is 0.507 e. The summed E-state index contributed by atoms with van der Waals surface area (Å²) in [5, 5.41) is 13.3. The lowest BCUT2D eigenvalue weighted by Gasteiger charge is -2.11. The average Bonchev–Trinajstić information content (AvgIpc) is 2.49. The third-order valence-electron chi connectivity index (χ3n) is 3.15. The first-order chi connectivity index (χ1) is 11.4. The first-order valence-corrected chi connectivity index (χ1v) is 8.94. The number of amides is 1. The number of phenolic OH excluding ortho intramolecular Hbond substituents is 1. The zero-order valence-electron chi connectivity index (χ0n) is 13.1. The number of nitrogens with one attached hydrogen (secondary N) is 1. The van der Waals surface area contributed by atoms with E-state index in [4.69, 9.17) is 4.74 Å². The maximum atomic E-state index is 11.8. The van der Waals surface area contributed by atoms with Gasteiger partial charge in [0.15, 0.2) is 6.61 Å². The topological polar surface area (TPSA) is 70.9 Å². The summed E-state index contributed by atoms with van der Waals surface area (Å²) in [4.78, 5) is 11.8. The van der Waals surface area contributed by atoms with Crippen molar-refractivity contribution in [3.8, 4) is 11.5 Å². The van der Waals surface area contributed by atoms with Crippen LogP contribution in [-0.2, 0) is 4.79 Å². The molecule has 0 bridgehead atoms. The van der Waals surface area contributed by atoms with Gasteiger partial charge in [0, 0.05) is 4.47 Å². The lowest BCUT2D eigenvalue weighted by atomic mass is 10.1. The molecule has 2 N–H and O–H groups in total. The van der Waals surface area contributed by atoms with Crippen molar-refractivity contribution in [1.82, 2.24) is 5.43 Å². The Morgan fingerprint density at radius 1 is 1.33 bits per heavy atom. The zero-order valence-corrected chi connectivity index (χ0v) is 16.9. The van der Waals surface area contributed by atoms with Crippen molar-refractivity contribution in [3.63, 3.8) is 0 Å². The van der Waals surface area contributed by atoms with E-state index >= 15 is 0 Å². The van der Waals surface area contributed by atoms with E-state index in [1.807, 2.05) is 48.6 Å². The Bertz CT molecular complexity index is 770. The van der Waals surface area contributed by atoms with E-state index in [-0.39, 0.29) is 18.3 Å². The molecular formula is C17H16BrIN2O3. The van der Waals surface area contributed by atoms with E-state index in [1.165, 1.54) is 6.21 Å². The van der Waals surface area contributed by atoms with Crippen molar-refractivity contribution in [2.75, 3.05) is 6.61 Å². The Morgan fingerprint density at radius 3 is 2.62 bits per heavy atom. The van der Waals surface area contributed by atoms with E-state index in [0.29, 0.717) is 9.32 Å². The smallest absolute Gasteiger partial charge is 0.277 e. The van der Waals surface area contributed by atoms with Crippen LogP contribution < -0.4 is 10.2 Å². The standard InChI is InChI=1S/C17H16BrIN2O3/c1-10-5-13(18)6-11(2)17(10)24-9-16(23)21-20-8-12-3-4-15(22)14(19)7-12/h3-8,22H,9H2,1-2H3,(H,21,23)/b20-8+. The molecular weight excluding hydrogens is 487 g/mol. The maximum absolute atomic E-state index is 11.8. The van der Waals surface area contributed by atoms with Gasteiger partial charge in [-0.15, -0.1) is 0 Å². The van der Waals surface area contributed by atoms with Crippen LogP contribution in [0.5, 0.6) is 11.5 Å². The fourth-order valence-electron chi connectivity index (χ4n) is 2.08. The maximum Gasteiger partial charge on any atom is 0.277 e. The zero-order chi connectivity index (χ0) is 17.7. The molecule has 0 aliphatic heterocycles. The van der Waals surface area contributed by atoms with Crippen LogP contribution in [0.25, 0.3) is 0 Å². The number of hydrogen-bond acceptors (Lipinski definition) is 4. The number of ether oxygens (including phenoxy) is 1. The molecule has 0 saturated heterocycles. The van der Waals surface area contributed by atoms with E-state index in [2.05, 4.69) is 26.5 Å². The van der Waals surface area contributed by atoms with E-state index < -0.39 is 0 Å². The lowest BCUT2D eigenvalue weighted by molar-refractivity contribution is -0.123. The molecule has 126 valence electrons. The molecule has 0 atom stereocenters. The van der Waals surface area contributed by atoms with Crippen molar-refractivity contribution in [2.45, 2.75) is 13.8 Å². The Labute approximate surface area is 162 Å². The summed E-state index contributed by atoms with van der Waals surface area (Å²) in [6.07, 6.45) is 1.51. The van der Waals surface area contributed by atoms with Crippen LogP contribution in [0.3, 0.4) is 0 Å². The van der Waals surface area contributed by atoms with Gasteiger partial charge in [0.05, 0.1) is 9.78 Å². The Morgan fingerprint density at radius 2 is 2.00 bits per heavy atom. The molecule has 7 heteroatoms. The number of hydrazone groups is 1. The molecule has 24 heavy (non-hydrogen) atoms. The van der Waals surface area contributed by atoms with Crippen LogP contribution in [0.15, 0.2) is 39.9 Å². The molecule has 0 radical (unpaired) electrons.